The summed E-state index contributed by atoms with van der Waals surface area (Å²) in [6.07, 6.45) is 2.78. The van der Waals surface area contributed by atoms with Crippen molar-refractivity contribution in [2.45, 2.75) is 51.2 Å². The minimum atomic E-state index is -0.798. The van der Waals surface area contributed by atoms with Crippen LogP contribution < -0.4 is 10.1 Å². The molecule has 0 saturated heterocycles. The molecule has 1 aliphatic rings. The smallest absolute Gasteiger partial charge is 0.256 e. The zero-order valence-electron chi connectivity index (χ0n) is 15.6. The molecule has 0 unspecified atom stereocenters. The molecule has 5 nitrogen and oxygen atoms in total. The number of ether oxygens (including phenoxy) is 3. The van der Waals surface area contributed by atoms with Gasteiger partial charge in [0, 0.05) is 26.3 Å². The lowest BCUT2D eigenvalue weighted by atomic mass is 9.99. The van der Waals surface area contributed by atoms with Gasteiger partial charge in [-0.2, -0.15) is 0 Å². The summed E-state index contributed by atoms with van der Waals surface area (Å²) >= 11 is 6.28. The van der Waals surface area contributed by atoms with Gasteiger partial charge in [0.1, 0.15) is 11.4 Å². The Morgan fingerprint density at radius 3 is 2.44 bits per heavy atom. The summed E-state index contributed by atoms with van der Waals surface area (Å²) in [6.45, 7) is 6.33. The van der Waals surface area contributed by atoms with E-state index < -0.39 is 5.60 Å². The maximum atomic E-state index is 12.5. The molecular formula is C19H28ClNO4. The van der Waals surface area contributed by atoms with Crippen molar-refractivity contribution in [3.63, 3.8) is 0 Å². The van der Waals surface area contributed by atoms with Crippen LogP contribution in [0, 0.1) is 5.92 Å². The van der Waals surface area contributed by atoms with Crippen LogP contribution in [-0.2, 0) is 14.3 Å². The Labute approximate surface area is 155 Å². The fourth-order valence-corrected chi connectivity index (χ4v) is 2.77. The second kappa shape index (κ2) is 7.94. The third-order valence-corrected chi connectivity index (χ3v) is 5.23. The van der Waals surface area contributed by atoms with Gasteiger partial charge >= 0.3 is 0 Å². The van der Waals surface area contributed by atoms with Crippen LogP contribution in [0.1, 0.15) is 40.0 Å². The maximum Gasteiger partial charge on any atom is 0.256 e. The Morgan fingerprint density at radius 2 is 1.92 bits per heavy atom. The van der Waals surface area contributed by atoms with E-state index in [1.54, 1.807) is 32.4 Å². The Bertz CT molecular complexity index is 615. The highest BCUT2D eigenvalue weighted by molar-refractivity contribution is 6.32. The van der Waals surface area contributed by atoms with Crippen LogP contribution in [0.4, 0.5) is 5.69 Å². The first kappa shape index (κ1) is 20.0. The highest BCUT2D eigenvalue weighted by Gasteiger charge is 2.47. The predicted molar refractivity (Wildman–Crippen MR) is 99.4 cm³/mol. The first-order valence-electron chi connectivity index (χ1n) is 8.56. The van der Waals surface area contributed by atoms with Crippen molar-refractivity contribution in [2.24, 2.45) is 5.92 Å². The normalized spacial score (nSPS) is 17.0. The predicted octanol–water partition coefficient (Wildman–Crippen LogP) is 4.29. The molecule has 0 bridgehead atoms. The molecule has 2 rings (SSSR count). The third-order valence-electron chi connectivity index (χ3n) is 4.94. The lowest BCUT2D eigenvalue weighted by molar-refractivity contribution is -0.138. The van der Waals surface area contributed by atoms with E-state index in [4.69, 9.17) is 25.8 Å². The highest BCUT2D eigenvalue weighted by atomic mass is 35.5. The summed E-state index contributed by atoms with van der Waals surface area (Å²) in [6, 6.07) is 5.24. The number of hydrogen-bond acceptors (Lipinski definition) is 4. The lowest BCUT2D eigenvalue weighted by Gasteiger charge is -2.26. The number of carbonyl (C=O) groups excluding carboxylic acids is 1. The molecule has 1 N–H and O–H groups in total. The Hall–Kier alpha value is -1.30. The molecule has 0 aromatic heterocycles. The summed E-state index contributed by atoms with van der Waals surface area (Å²) in [7, 11) is 3.25. The quantitative estimate of drug-likeness (QED) is 0.705. The average molecular weight is 370 g/mol. The van der Waals surface area contributed by atoms with Crippen molar-refractivity contribution in [1.82, 2.24) is 0 Å². The van der Waals surface area contributed by atoms with Crippen molar-refractivity contribution >= 4 is 23.2 Å². The van der Waals surface area contributed by atoms with Gasteiger partial charge in [-0.1, -0.05) is 11.6 Å². The van der Waals surface area contributed by atoms with Crippen LogP contribution in [0.5, 0.6) is 5.75 Å². The van der Waals surface area contributed by atoms with E-state index >= 15 is 0 Å². The Morgan fingerprint density at radius 1 is 1.24 bits per heavy atom. The van der Waals surface area contributed by atoms with E-state index in [1.807, 2.05) is 20.8 Å². The zero-order chi connectivity index (χ0) is 18.7. The fourth-order valence-electron chi connectivity index (χ4n) is 2.54. The Balaban J connectivity index is 1.96. The number of carbonyl (C=O) groups is 1. The molecule has 1 saturated carbocycles. The number of halogens is 1. The molecule has 0 heterocycles. The van der Waals surface area contributed by atoms with Crippen LogP contribution >= 0.6 is 11.6 Å². The van der Waals surface area contributed by atoms with Crippen molar-refractivity contribution < 1.29 is 19.0 Å². The largest absolute Gasteiger partial charge is 0.492 e. The van der Waals surface area contributed by atoms with Crippen molar-refractivity contribution in [1.29, 1.82) is 0 Å². The summed E-state index contributed by atoms with van der Waals surface area (Å²) in [5, 5.41) is 3.35. The molecule has 1 aromatic rings. The van der Waals surface area contributed by atoms with Gasteiger partial charge in [0.25, 0.3) is 5.91 Å². The van der Waals surface area contributed by atoms with E-state index in [9.17, 15) is 4.79 Å². The van der Waals surface area contributed by atoms with Crippen LogP contribution in [0.25, 0.3) is 0 Å². The van der Waals surface area contributed by atoms with Crippen LogP contribution in [-0.4, -0.2) is 37.9 Å². The molecule has 0 radical (unpaired) electrons. The van der Waals surface area contributed by atoms with Gasteiger partial charge in [0.2, 0.25) is 0 Å². The molecule has 6 heteroatoms. The maximum absolute atomic E-state index is 12.5. The van der Waals surface area contributed by atoms with Gasteiger partial charge in [-0.3, -0.25) is 4.79 Å². The number of rotatable bonds is 9. The minimum Gasteiger partial charge on any atom is -0.492 e. The van der Waals surface area contributed by atoms with Gasteiger partial charge in [-0.15, -0.1) is 0 Å². The zero-order valence-corrected chi connectivity index (χ0v) is 16.4. The molecule has 0 spiro atoms. The number of methoxy groups -OCH3 is 2. The average Bonchev–Trinajstić information content (AvgIpc) is 3.41. The number of amides is 1. The van der Waals surface area contributed by atoms with Gasteiger partial charge in [0.05, 0.1) is 17.2 Å². The molecule has 140 valence electrons. The van der Waals surface area contributed by atoms with Crippen LogP contribution in [0.15, 0.2) is 18.2 Å². The van der Waals surface area contributed by atoms with E-state index in [0.29, 0.717) is 23.1 Å². The van der Waals surface area contributed by atoms with Crippen LogP contribution in [0.2, 0.25) is 5.02 Å². The number of benzene rings is 1. The van der Waals surface area contributed by atoms with E-state index in [-0.39, 0.29) is 17.4 Å². The second-order valence-corrected chi connectivity index (χ2v) is 7.65. The molecule has 1 atom stereocenters. The fraction of sp³-hybridized carbons (Fsp3) is 0.632. The topological polar surface area (TPSA) is 56.8 Å². The molecule has 0 aliphatic heterocycles. The molecule has 25 heavy (non-hydrogen) atoms. The first-order valence-corrected chi connectivity index (χ1v) is 8.94. The number of anilines is 1. The third kappa shape index (κ3) is 5.09. The van der Waals surface area contributed by atoms with Gasteiger partial charge in [-0.25, -0.2) is 0 Å². The van der Waals surface area contributed by atoms with E-state index in [1.165, 1.54) is 0 Å². The van der Waals surface area contributed by atoms with Gasteiger partial charge in [0.15, 0.2) is 0 Å². The van der Waals surface area contributed by atoms with E-state index in [2.05, 4.69) is 5.32 Å². The molecule has 1 aliphatic carbocycles. The second-order valence-electron chi connectivity index (χ2n) is 7.25. The summed E-state index contributed by atoms with van der Waals surface area (Å²) in [4.78, 5) is 12.5. The van der Waals surface area contributed by atoms with Crippen LogP contribution in [0.3, 0.4) is 0 Å². The van der Waals surface area contributed by atoms with Gasteiger partial charge in [-0.05, 0) is 57.7 Å². The van der Waals surface area contributed by atoms with E-state index in [0.717, 1.165) is 19.3 Å². The summed E-state index contributed by atoms with van der Waals surface area (Å²) in [5.74, 6) is 0.715. The van der Waals surface area contributed by atoms with Crippen molar-refractivity contribution in [2.75, 3.05) is 26.1 Å². The number of hydrogen-bond donors (Lipinski definition) is 1. The highest BCUT2D eigenvalue weighted by Crippen LogP contribution is 2.42. The standard InChI is InChI=1S/C19H28ClNO4/c1-18(2,23-4)10-11-25-16-9-8-14(12-15(16)20)21-17(22)19(3,24-5)13-6-7-13/h8-9,12-13H,6-7,10-11H2,1-5H3,(H,21,22)/t19-/m0/s1. The summed E-state index contributed by atoms with van der Waals surface area (Å²) < 4.78 is 16.5. The SMILES string of the molecule is COC(C)(C)CCOc1ccc(NC(=O)[C@@](C)(OC)C2CC2)cc1Cl. The molecular weight excluding hydrogens is 342 g/mol. The number of nitrogens with one attached hydrogen (secondary N) is 1. The first-order chi connectivity index (χ1) is 11.7. The van der Waals surface area contributed by atoms with Crippen molar-refractivity contribution in [3.8, 4) is 5.75 Å². The molecule has 1 aromatic carbocycles. The van der Waals surface area contributed by atoms with Gasteiger partial charge < -0.3 is 19.5 Å². The lowest BCUT2D eigenvalue weighted by Crippen LogP contribution is -2.44. The minimum absolute atomic E-state index is 0.149. The monoisotopic (exact) mass is 369 g/mol. The summed E-state index contributed by atoms with van der Waals surface area (Å²) in [5.41, 5.74) is -0.412. The molecule has 1 fully saturated rings. The van der Waals surface area contributed by atoms with Crippen molar-refractivity contribution in [3.05, 3.63) is 23.2 Å². The Kier molecular flexibility index (Phi) is 6.35. The molecule has 1 amide bonds.